The number of ether oxygens (including phenoxy) is 1. The first kappa shape index (κ1) is 22.0. The van der Waals surface area contributed by atoms with Crippen molar-refractivity contribution in [2.75, 3.05) is 11.8 Å². The van der Waals surface area contributed by atoms with E-state index in [1.807, 2.05) is 6.07 Å². The monoisotopic (exact) mass is 439 g/mol. The number of aryl methyl sites for hydroxylation is 1. The first-order chi connectivity index (χ1) is 14.8. The molecular weight excluding hydrogens is 418 g/mol. The Morgan fingerprint density at radius 1 is 1.06 bits per heavy atom. The van der Waals surface area contributed by atoms with E-state index in [9.17, 15) is 18.0 Å². The van der Waals surface area contributed by atoms with Gasteiger partial charge in [0, 0.05) is 18.9 Å². The van der Waals surface area contributed by atoms with Gasteiger partial charge >= 0.3 is 5.97 Å². The van der Waals surface area contributed by atoms with Crippen LogP contribution in [0, 0.1) is 6.92 Å². The van der Waals surface area contributed by atoms with Gasteiger partial charge in [0.15, 0.2) is 0 Å². The molecule has 3 rings (SSSR count). The van der Waals surface area contributed by atoms with E-state index in [0.29, 0.717) is 5.56 Å². The SMILES string of the molecule is COC(=O)c1ccc(C)c(S(=O)(=O)Nc2ccccc2C(=O)NCc2cccnc2)c1. The number of nitrogens with zero attached hydrogens (tertiary/aromatic N) is 1. The molecule has 2 aromatic carbocycles. The quantitative estimate of drug-likeness (QED) is 0.547. The fourth-order valence-corrected chi connectivity index (χ4v) is 4.24. The zero-order valence-corrected chi connectivity index (χ0v) is 17.8. The van der Waals surface area contributed by atoms with Gasteiger partial charge in [0.2, 0.25) is 0 Å². The number of amides is 1. The molecule has 0 aliphatic rings. The van der Waals surface area contributed by atoms with Gasteiger partial charge in [0.25, 0.3) is 15.9 Å². The summed E-state index contributed by atoms with van der Waals surface area (Å²) in [5, 5.41) is 2.75. The number of anilines is 1. The summed E-state index contributed by atoms with van der Waals surface area (Å²) in [6.45, 7) is 1.86. The van der Waals surface area contributed by atoms with Crippen LogP contribution in [-0.4, -0.2) is 32.4 Å². The summed E-state index contributed by atoms with van der Waals surface area (Å²) >= 11 is 0. The van der Waals surface area contributed by atoms with E-state index in [-0.39, 0.29) is 28.3 Å². The van der Waals surface area contributed by atoms with Crippen LogP contribution in [0.5, 0.6) is 0 Å². The van der Waals surface area contributed by atoms with Gasteiger partial charge in [-0.1, -0.05) is 24.3 Å². The second kappa shape index (κ2) is 9.40. The number of sulfonamides is 1. The molecule has 0 atom stereocenters. The normalized spacial score (nSPS) is 10.9. The van der Waals surface area contributed by atoms with Crippen LogP contribution in [0.25, 0.3) is 0 Å². The molecule has 0 spiro atoms. The number of hydrogen-bond acceptors (Lipinski definition) is 6. The van der Waals surface area contributed by atoms with Crippen molar-refractivity contribution in [3.05, 3.63) is 89.2 Å². The lowest BCUT2D eigenvalue weighted by Gasteiger charge is -2.14. The van der Waals surface area contributed by atoms with Crippen molar-refractivity contribution in [1.29, 1.82) is 0 Å². The number of esters is 1. The Balaban J connectivity index is 1.86. The van der Waals surface area contributed by atoms with Crippen LogP contribution in [0.1, 0.15) is 31.8 Å². The number of benzene rings is 2. The van der Waals surface area contributed by atoms with Gasteiger partial charge < -0.3 is 10.1 Å². The fraction of sp³-hybridized carbons (Fsp3) is 0.136. The molecule has 1 amide bonds. The minimum Gasteiger partial charge on any atom is -0.465 e. The van der Waals surface area contributed by atoms with E-state index < -0.39 is 21.9 Å². The maximum Gasteiger partial charge on any atom is 0.337 e. The molecule has 1 heterocycles. The second-order valence-electron chi connectivity index (χ2n) is 6.67. The summed E-state index contributed by atoms with van der Waals surface area (Å²) in [7, 11) is -2.86. The van der Waals surface area contributed by atoms with Crippen LogP contribution >= 0.6 is 0 Å². The number of para-hydroxylation sites is 1. The number of nitrogens with one attached hydrogen (secondary N) is 2. The van der Waals surface area contributed by atoms with E-state index in [1.165, 1.54) is 37.4 Å². The molecule has 0 fully saturated rings. The lowest BCUT2D eigenvalue weighted by molar-refractivity contribution is 0.0600. The second-order valence-corrected chi connectivity index (χ2v) is 8.32. The van der Waals surface area contributed by atoms with Gasteiger partial charge in [-0.3, -0.25) is 14.5 Å². The van der Waals surface area contributed by atoms with Gasteiger partial charge in [-0.05, 0) is 48.4 Å². The Hall–Kier alpha value is -3.72. The van der Waals surface area contributed by atoms with Crippen molar-refractivity contribution in [3.63, 3.8) is 0 Å². The first-order valence-corrected chi connectivity index (χ1v) is 10.8. The highest BCUT2D eigenvalue weighted by molar-refractivity contribution is 7.92. The van der Waals surface area contributed by atoms with Gasteiger partial charge in [-0.15, -0.1) is 0 Å². The molecule has 0 bridgehead atoms. The van der Waals surface area contributed by atoms with E-state index in [1.54, 1.807) is 37.5 Å². The third kappa shape index (κ3) is 5.26. The van der Waals surface area contributed by atoms with Crippen LogP contribution in [0.15, 0.2) is 71.9 Å². The van der Waals surface area contributed by atoms with E-state index in [4.69, 9.17) is 0 Å². The molecule has 1 aromatic heterocycles. The standard InChI is InChI=1S/C22H21N3O5S/c1-15-9-10-17(22(27)30-2)12-20(15)31(28,29)25-19-8-4-3-7-18(19)21(26)24-14-16-6-5-11-23-13-16/h3-13,25H,14H2,1-2H3,(H,24,26). The Labute approximate surface area is 180 Å². The predicted molar refractivity (Wildman–Crippen MR) is 115 cm³/mol. The van der Waals surface area contributed by atoms with Crippen LogP contribution in [0.2, 0.25) is 0 Å². The smallest absolute Gasteiger partial charge is 0.337 e. The maximum atomic E-state index is 13.0. The Morgan fingerprint density at radius 2 is 1.84 bits per heavy atom. The number of hydrogen-bond donors (Lipinski definition) is 2. The highest BCUT2D eigenvalue weighted by atomic mass is 32.2. The topological polar surface area (TPSA) is 114 Å². The predicted octanol–water partition coefficient (Wildman–Crippen LogP) is 2.91. The van der Waals surface area contributed by atoms with E-state index in [0.717, 1.165) is 5.56 Å². The molecule has 9 heteroatoms. The minimum atomic E-state index is -4.08. The van der Waals surface area contributed by atoms with Crippen LogP contribution in [0.3, 0.4) is 0 Å². The molecule has 0 saturated carbocycles. The molecule has 0 unspecified atom stereocenters. The van der Waals surface area contributed by atoms with Crippen molar-refractivity contribution in [2.45, 2.75) is 18.4 Å². The summed E-state index contributed by atoms with van der Waals surface area (Å²) in [6, 6.07) is 14.1. The summed E-state index contributed by atoms with van der Waals surface area (Å²) < 4.78 is 33.2. The third-order valence-corrected chi connectivity index (χ3v) is 6.00. The summed E-state index contributed by atoms with van der Waals surface area (Å²) in [6.07, 6.45) is 3.26. The Morgan fingerprint density at radius 3 is 2.55 bits per heavy atom. The molecule has 0 aliphatic heterocycles. The van der Waals surface area contributed by atoms with Crippen molar-refractivity contribution >= 4 is 27.6 Å². The molecule has 160 valence electrons. The lowest BCUT2D eigenvalue weighted by Crippen LogP contribution is -2.25. The minimum absolute atomic E-state index is 0.0824. The van der Waals surface area contributed by atoms with E-state index in [2.05, 4.69) is 19.8 Å². The van der Waals surface area contributed by atoms with Crippen molar-refractivity contribution in [2.24, 2.45) is 0 Å². The maximum absolute atomic E-state index is 13.0. The first-order valence-electron chi connectivity index (χ1n) is 9.30. The number of pyridine rings is 1. The van der Waals surface area contributed by atoms with Gasteiger partial charge in [0.05, 0.1) is 28.8 Å². The van der Waals surface area contributed by atoms with Gasteiger partial charge in [-0.2, -0.15) is 0 Å². The van der Waals surface area contributed by atoms with Gasteiger partial charge in [0.1, 0.15) is 0 Å². The Bertz CT molecular complexity index is 1210. The molecule has 31 heavy (non-hydrogen) atoms. The largest absolute Gasteiger partial charge is 0.465 e. The number of rotatable bonds is 7. The van der Waals surface area contributed by atoms with Crippen LogP contribution in [-0.2, 0) is 21.3 Å². The zero-order valence-electron chi connectivity index (χ0n) is 17.0. The molecule has 8 nitrogen and oxygen atoms in total. The molecule has 0 saturated heterocycles. The van der Waals surface area contributed by atoms with E-state index >= 15 is 0 Å². The number of methoxy groups -OCH3 is 1. The van der Waals surface area contributed by atoms with Crippen molar-refractivity contribution in [3.8, 4) is 0 Å². The lowest BCUT2D eigenvalue weighted by atomic mass is 10.1. The summed E-state index contributed by atoms with van der Waals surface area (Å²) in [4.78, 5) is 28.4. The molecule has 0 aliphatic carbocycles. The molecular formula is C22H21N3O5S. The Kier molecular flexibility index (Phi) is 6.66. The number of aromatic nitrogens is 1. The average molecular weight is 439 g/mol. The number of carbonyl (C=O) groups is 2. The van der Waals surface area contributed by atoms with Crippen molar-refractivity contribution < 1.29 is 22.7 Å². The molecule has 0 radical (unpaired) electrons. The fourth-order valence-electron chi connectivity index (χ4n) is 2.88. The highest BCUT2D eigenvalue weighted by Gasteiger charge is 2.22. The van der Waals surface area contributed by atoms with Crippen LogP contribution < -0.4 is 10.0 Å². The molecule has 2 N–H and O–H groups in total. The highest BCUT2D eigenvalue weighted by Crippen LogP contribution is 2.23. The molecule has 3 aromatic rings. The number of carbonyl (C=O) groups excluding carboxylic acids is 2. The zero-order chi connectivity index (χ0) is 22.4. The van der Waals surface area contributed by atoms with Crippen LogP contribution in [0.4, 0.5) is 5.69 Å². The van der Waals surface area contributed by atoms with Crippen molar-refractivity contribution in [1.82, 2.24) is 10.3 Å². The average Bonchev–Trinajstić information content (AvgIpc) is 2.78. The van der Waals surface area contributed by atoms with Gasteiger partial charge in [-0.25, -0.2) is 13.2 Å². The summed E-state index contributed by atoms with van der Waals surface area (Å²) in [5.74, 6) is -1.09. The summed E-state index contributed by atoms with van der Waals surface area (Å²) in [5.41, 5.74) is 1.64. The third-order valence-electron chi connectivity index (χ3n) is 4.49.